The van der Waals surface area contributed by atoms with Gasteiger partial charge < -0.3 is 0 Å². The number of para-hydroxylation sites is 1. The van der Waals surface area contributed by atoms with Crippen LogP contribution in [-0.2, 0) is 10.8 Å². The number of benzene rings is 6. The minimum atomic E-state index is -0.449. The van der Waals surface area contributed by atoms with Crippen LogP contribution in [0.5, 0.6) is 0 Å². The van der Waals surface area contributed by atoms with E-state index < -0.39 is 5.41 Å². The number of hydrogen-bond acceptors (Lipinski definition) is 2. The highest BCUT2D eigenvalue weighted by Gasteiger charge is 2.58. The molecule has 0 amide bonds. The Bertz CT molecular complexity index is 2430. The van der Waals surface area contributed by atoms with E-state index in [1.807, 2.05) is 0 Å². The largest absolute Gasteiger partial charge is 0.236 e. The molecule has 3 aliphatic carbocycles. The second kappa shape index (κ2) is 9.61. The molecule has 0 unspecified atom stereocenters. The van der Waals surface area contributed by atoms with E-state index in [1.54, 1.807) is 11.3 Å². The van der Waals surface area contributed by atoms with E-state index >= 15 is 0 Å². The maximum atomic E-state index is 5.05. The molecule has 3 aliphatic rings. The van der Waals surface area contributed by atoms with Gasteiger partial charge in [-0.05, 0) is 98.8 Å². The van der Waals surface area contributed by atoms with E-state index in [-0.39, 0.29) is 5.41 Å². The lowest BCUT2D eigenvalue weighted by Crippen LogP contribution is -2.43. The van der Waals surface area contributed by atoms with Crippen molar-refractivity contribution in [3.8, 4) is 21.7 Å². The van der Waals surface area contributed by atoms with Gasteiger partial charge in [0, 0.05) is 5.56 Å². The molecule has 2 spiro atoms. The van der Waals surface area contributed by atoms with Gasteiger partial charge in [0.15, 0.2) is 0 Å². The molecule has 0 bridgehead atoms. The second-order valence-electron chi connectivity index (χ2n) is 13.0. The maximum absolute atomic E-state index is 5.05. The number of rotatable bonds is 2. The summed E-state index contributed by atoms with van der Waals surface area (Å²) in [5.74, 6) is 0. The van der Waals surface area contributed by atoms with Crippen LogP contribution >= 0.6 is 11.3 Å². The predicted octanol–water partition coefficient (Wildman–Crippen LogP) is 11.3. The van der Waals surface area contributed by atoms with Crippen molar-refractivity contribution in [2.24, 2.45) is 0 Å². The van der Waals surface area contributed by atoms with Crippen molar-refractivity contribution in [1.82, 2.24) is 4.98 Å². The predicted molar refractivity (Wildman–Crippen MR) is 196 cm³/mol. The molecule has 1 nitrogen and oxygen atoms in total. The summed E-state index contributed by atoms with van der Waals surface area (Å²) in [6.07, 6.45) is 4.49. The Labute approximate surface area is 279 Å². The van der Waals surface area contributed by atoms with E-state index in [4.69, 9.17) is 4.98 Å². The van der Waals surface area contributed by atoms with Gasteiger partial charge in [0.25, 0.3) is 0 Å². The molecule has 0 radical (unpaired) electrons. The molecule has 1 heterocycles. The lowest BCUT2D eigenvalue weighted by atomic mass is 9.52. The van der Waals surface area contributed by atoms with Crippen LogP contribution in [0, 0.1) is 0 Å². The highest BCUT2D eigenvalue weighted by atomic mass is 32.1. The van der Waals surface area contributed by atoms with E-state index in [2.05, 4.69) is 166 Å². The smallest absolute Gasteiger partial charge is 0.124 e. The first-order valence-corrected chi connectivity index (χ1v) is 17.2. The van der Waals surface area contributed by atoms with E-state index in [9.17, 15) is 0 Å². The number of thiazole rings is 1. The zero-order valence-electron chi connectivity index (χ0n) is 26.3. The summed E-state index contributed by atoms with van der Waals surface area (Å²) in [6, 6.07) is 52.3. The van der Waals surface area contributed by atoms with Crippen LogP contribution < -0.4 is 0 Å². The van der Waals surface area contributed by atoms with Gasteiger partial charge in [0.05, 0.1) is 21.0 Å². The van der Waals surface area contributed by atoms with Crippen LogP contribution in [0.3, 0.4) is 0 Å². The minimum Gasteiger partial charge on any atom is -0.236 e. The summed E-state index contributed by atoms with van der Waals surface area (Å²) < 4.78 is 1.22. The van der Waals surface area contributed by atoms with Crippen molar-refractivity contribution in [1.29, 1.82) is 0 Å². The molecule has 0 atom stereocenters. The lowest BCUT2D eigenvalue weighted by molar-refractivity contribution is 0.623. The third kappa shape index (κ3) is 3.21. The normalized spacial score (nSPS) is 20.1. The molecule has 0 N–H and O–H groups in total. The topological polar surface area (TPSA) is 12.9 Å². The minimum absolute atomic E-state index is 0.386. The van der Waals surface area contributed by atoms with Gasteiger partial charge in [-0.15, -0.1) is 11.3 Å². The Balaban J connectivity index is 1.32. The van der Waals surface area contributed by atoms with Crippen molar-refractivity contribution in [3.63, 3.8) is 0 Å². The van der Waals surface area contributed by atoms with Gasteiger partial charge in [-0.2, -0.15) is 0 Å². The second-order valence-corrected chi connectivity index (χ2v) is 14.0. The lowest BCUT2D eigenvalue weighted by Gasteiger charge is -2.49. The summed E-state index contributed by atoms with van der Waals surface area (Å²) in [5.41, 5.74) is 17.6. The van der Waals surface area contributed by atoms with Gasteiger partial charge in [-0.25, -0.2) is 4.98 Å². The van der Waals surface area contributed by atoms with Crippen LogP contribution in [0.1, 0.15) is 58.4 Å². The number of aromatic nitrogens is 1. The first-order chi connectivity index (χ1) is 23.2. The summed E-state index contributed by atoms with van der Waals surface area (Å²) in [6.45, 7) is 4.49. The Kier molecular flexibility index (Phi) is 5.49. The van der Waals surface area contributed by atoms with Crippen molar-refractivity contribution in [2.75, 3.05) is 0 Å². The van der Waals surface area contributed by atoms with Gasteiger partial charge >= 0.3 is 0 Å². The first kappa shape index (κ1) is 26.9. The monoisotopic (exact) mass is 617 g/mol. The van der Waals surface area contributed by atoms with Crippen molar-refractivity contribution in [2.45, 2.75) is 24.7 Å². The molecule has 0 fully saturated rings. The number of allylic oxidation sites excluding steroid dienone is 4. The van der Waals surface area contributed by atoms with E-state index in [0.29, 0.717) is 0 Å². The number of nitrogens with zero attached hydrogens (tertiary/aromatic N) is 1. The molecule has 7 aromatic rings. The summed E-state index contributed by atoms with van der Waals surface area (Å²) in [7, 11) is 0. The fourth-order valence-corrected chi connectivity index (χ4v) is 10.2. The van der Waals surface area contributed by atoms with Crippen LogP contribution in [0.2, 0.25) is 0 Å². The average molecular weight is 618 g/mol. The summed E-state index contributed by atoms with van der Waals surface area (Å²) >= 11 is 1.77. The van der Waals surface area contributed by atoms with Crippen LogP contribution in [-0.4, -0.2) is 4.98 Å². The quantitative estimate of drug-likeness (QED) is 0.188. The Morgan fingerprint density at radius 1 is 0.532 bits per heavy atom. The Morgan fingerprint density at radius 3 is 1.72 bits per heavy atom. The van der Waals surface area contributed by atoms with Gasteiger partial charge in [-0.3, -0.25) is 0 Å². The van der Waals surface area contributed by atoms with Crippen molar-refractivity contribution < 1.29 is 0 Å². The zero-order valence-corrected chi connectivity index (χ0v) is 27.1. The molecule has 0 saturated carbocycles. The molecule has 47 heavy (non-hydrogen) atoms. The van der Waals surface area contributed by atoms with Crippen LogP contribution in [0.25, 0.3) is 37.5 Å². The van der Waals surface area contributed by atoms with Crippen LogP contribution in [0.4, 0.5) is 0 Å². The van der Waals surface area contributed by atoms with Crippen LogP contribution in [0.15, 0.2) is 157 Å². The van der Waals surface area contributed by atoms with Crippen molar-refractivity contribution >= 4 is 27.1 Å². The molecule has 6 aromatic carbocycles. The molecule has 0 saturated heterocycles. The molecule has 222 valence electrons. The number of fused-ring (bicyclic) bond motifs is 14. The average Bonchev–Trinajstić information content (AvgIpc) is 3.76. The standard InChI is InChI=1S/C45H31NS/c1-3-14-30-28(2)44(34-17-6-4-15-31(30)34)37-19-8-10-21-39(37)45(40-22-11-9-20-38(40)44)35-18-7-5-16-32(35)33-27-29(25-26-36(33)45)43-46-41-23-12-13-24-42(41)47-43/h3-27H,1-2H3/b14-3-. The molecule has 1 aromatic heterocycles. The highest BCUT2D eigenvalue weighted by Crippen LogP contribution is 2.67. The maximum Gasteiger partial charge on any atom is 0.124 e. The molecule has 0 aliphatic heterocycles. The fraction of sp³-hybridized carbons (Fsp3) is 0.0889. The van der Waals surface area contributed by atoms with Crippen molar-refractivity contribution in [3.05, 3.63) is 202 Å². The highest BCUT2D eigenvalue weighted by molar-refractivity contribution is 7.21. The zero-order chi connectivity index (χ0) is 31.3. The van der Waals surface area contributed by atoms with Gasteiger partial charge in [0.2, 0.25) is 0 Å². The van der Waals surface area contributed by atoms with Gasteiger partial charge in [0.1, 0.15) is 5.01 Å². The van der Waals surface area contributed by atoms with Gasteiger partial charge in [-0.1, -0.05) is 133 Å². The Hall–Kier alpha value is -5.31. The summed E-state index contributed by atoms with van der Waals surface area (Å²) in [4.78, 5) is 5.05. The summed E-state index contributed by atoms with van der Waals surface area (Å²) in [5, 5.41) is 1.07. The Morgan fingerprint density at radius 2 is 1.06 bits per heavy atom. The molecule has 10 rings (SSSR count). The third-order valence-electron chi connectivity index (χ3n) is 11.0. The SMILES string of the molecule is C/C=C\C1=C(C)C2(c3ccccc31)c1ccccc1C1(c3ccccc3-c3cc(-c4nc5ccccc5s4)ccc31)c1ccccc12. The van der Waals surface area contributed by atoms with E-state index in [1.165, 1.54) is 77.0 Å². The number of hydrogen-bond donors (Lipinski definition) is 0. The first-order valence-electron chi connectivity index (χ1n) is 16.4. The molecular formula is C45H31NS. The fourth-order valence-electron chi connectivity index (χ4n) is 9.28. The molecular weight excluding hydrogens is 587 g/mol. The molecule has 2 heteroatoms. The third-order valence-corrected chi connectivity index (χ3v) is 12.1. The van der Waals surface area contributed by atoms with E-state index in [0.717, 1.165) is 10.5 Å².